The number of halogens is 2. The van der Waals surface area contributed by atoms with Gasteiger partial charge in [-0.15, -0.1) is 23.2 Å². The van der Waals surface area contributed by atoms with Gasteiger partial charge in [0.1, 0.15) is 0 Å². The molecule has 2 aliphatic rings. The molecule has 0 aliphatic heterocycles. The molecule has 12 heavy (non-hydrogen) atoms. The van der Waals surface area contributed by atoms with Gasteiger partial charge in [-0.25, -0.2) is 0 Å². The van der Waals surface area contributed by atoms with Gasteiger partial charge in [-0.1, -0.05) is 36.5 Å². The fourth-order valence-corrected chi connectivity index (χ4v) is 2.04. The van der Waals surface area contributed by atoms with Crippen LogP contribution >= 0.6 is 23.2 Å². The van der Waals surface area contributed by atoms with E-state index in [9.17, 15) is 0 Å². The molecule has 0 heterocycles. The van der Waals surface area contributed by atoms with Gasteiger partial charge in [0.05, 0.1) is 10.8 Å². The van der Waals surface area contributed by atoms with Crippen molar-refractivity contribution in [2.24, 2.45) is 11.8 Å². The summed E-state index contributed by atoms with van der Waals surface area (Å²) in [5.41, 5.74) is 0. The Bertz CT molecular complexity index is 223. The van der Waals surface area contributed by atoms with Crippen LogP contribution in [0.2, 0.25) is 0 Å². The summed E-state index contributed by atoms with van der Waals surface area (Å²) >= 11 is 12.2. The van der Waals surface area contributed by atoms with Crippen molar-refractivity contribution in [3.05, 3.63) is 36.5 Å². The smallest absolute Gasteiger partial charge is 0.0613 e. The van der Waals surface area contributed by atoms with E-state index in [1.54, 1.807) is 0 Å². The Labute approximate surface area is 82.5 Å². The summed E-state index contributed by atoms with van der Waals surface area (Å²) in [5.74, 6) is 0.633. The first kappa shape index (κ1) is 8.40. The molecule has 2 bridgehead atoms. The van der Waals surface area contributed by atoms with E-state index in [0.717, 1.165) is 0 Å². The summed E-state index contributed by atoms with van der Waals surface area (Å²) in [4.78, 5) is 0. The zero-order valence-corrected chi connectivity index (χ0v) is 8.04. The molecule has 0 nitrogen and oxygen atoms in total. The van der Waals surface area contributed by atoms with E-state index in [0.29, 0.717) is 11.8 Å². The van der Waals surface area contributed by atoms with Gasteiger partial charge in [0, 0.05) is 11.8 Å². The van der Waals surface area contributed by atoms with Crippen molar-refractivity contribution in [3.63, 3.8) is 0 Å². The van der Waals surface area contributed by atoms with Crippen molar-refractivity contribution in [1.82, 2.24) is 0 Å². The van der Waals surface area contributed by atoms with Crippen LogP contribution in [-0.4, -0.2) is 10.8 Å². The molecule has 0 saturated heterocycles. The number of hydrogen-bond acceptors (Lipinski definition) is 0. The highest BCUT2D eigenvalue weighted by molar-refractivity contribution is 6.23. The Morgan fingerprint density at radius 2 is 0.917 bits per heavy atom. The molecule has 0 aromatic carbocycles. The number of fused-ring (bicyclic) bond motifs is 2. The van der Waals surface area contributed by atoms with Crippen LogP contribution in [0.5, 0.6) is 0 Å². The van der Waals surface area contributed by atoms with Gasteiger partial charge in [-0.05, 0) is 0 Å². The third-order valence-corrected chi connectivity index (χ3v) is 3.20. The zero-order valence-electron chi connectivity index (χ0n) is 6.53. The van der Waals surface area contributed by atoms with E-state index in [1.807, 2.05) is 12.2 Å². The minimum Gasteiger partial charge on any atom is -0.117 e. The molecule has 0 radical (unpaired) electrons. The molecule has 0 aromatic rings. The summed E-state index contributed by atoms with van der Waals surface area (Å²) in [6.45, 7) is 0. The van der Waals surface area contributed by atoms with E-state index < -0.39 is 0 Å². The van der Waals surface area contributed by atoms with Crippen molar-refractivity contribution >= 4 is 23.2 Å². The molecular weight excluding hydrogens is 191 g/mol. The van der Waals surface area contributed by atoms with E-state index in [1.165, 1.54) is 0 Å². The van der Waals surface area contributed by atoms with Crippen molar-refractivity contribution in [2.45, 2.75) is 10.8 Å². The van der Waals surface area contributed by atoms with Gasteiger partial charge in [-0.3, -0.25) is 0 Å². The Morgan fingerprint density at radius 3 is 1.33 bits per heavy atom. The predicted octanol–water partition coefficient (Wildman–Crippen LogP) is 3.13. The van der Waals surface area contributed by atoms with E-state index in [-0.39, 0.29) is 10.8 Å². The molecule has 64 valence electrons. The third kappa shape index (κ3) is 1.46. The minimum atomic E-state index is 0.0895. The van der Waals surface area contributed by atoms with Crippen LogP contribution in [0.4, 0.5) is 0 Å². The van der Waals surface area contributed by atoms with Crippen LogP contribution in [0.15, 0.2) is 36.5 Å². The summed E-state index contributed by atoms with van der Waals surface area (Å²) in [5, 5.41) is 0.179. The molecule has 2 rings (SSSR count). The first-order valence-corrected chi connectivity index (χ1v) is 4.98. The lowest BCUT2D eigenvalue weighted by Crippen LogP contribution is -2.10. The fraction of sp³-hybridized carbons (Fsp3) is 0.400. The topological polar surface area (TPSA) is 0 Å². The van der Waals surface area contributed by atoms with E-state index in [2.05, 4.69) is 24.3 Å². The second kappa shape index (κ2) is 3.27. The van der Waals surface area contributed by atoms with Crippen molar-refractivity contribution in [3.8, 4) is 0 Å². The molecule has 0 N–H and O–H groups in total. The summed E-state index contributed by atoms with van der Waals surface area (Å²) in [7, 11) is 0. The molecular formula is C10H10Cl2. The van der Waals surface area contributed by atoms with Crippen LogP contribution in [0.25, 0.3) is 0 Å². The van der Waals surface area contributed by atoms with Crippen LogP contribution in [0, 0.1) is 11.8 Å². The first-order chi connectivity index (χ1) is 5.77. The van der Waals surface area contributed by atoms with Gasteiger partial charge in [0.15, 0.2) is 0 Å². The predicted molar refractivity (Wildman–Crippen MR) is 53.7 cm³/mol. The number of allylic oxidation sites excluding steroid dienone is 6. The van der Waals surface area contributed by atoms with Gasteiger partial charge < -0.3 is 0 Å². The average Bonchev–Trinajstić information content (AvgIpc) is 2.33. The lowest BCUT2D eigenvalue weighted by molar-refractivity contribution is 0.817. The Balaban J connectivity index is 2.35. The highest BCUT2D eigenvalue weighted by atomic mass is 35.5. The largest absolute Gasteiger partial charge is 0.117 e. The highest BCUT2D eigenvalue weighted by Gasteiger charge is 2.22. The molecule has 2 unspecified atom stereocenters. The standard InChI is InChI=1S/C10H10Cl2/c11-9-6-4-8-2-1-7(9)3-5-10(8)12/h1-10H/t7?,8?,9-,10-/m0/s1. The maximum absolute atomic E-state index is 6.10. The number of alkyl halides is 2. The summed E-state index contributed by atoms with van der Waals surface area (Å²) in [6.07, 6.45) is 12.5. The monoisotopic (exact) mass is 200 g/mol. The lowest BCUT2D eigenvalue weighted by atomic mass is 10.0. The molecule has 0 amide bonds. The van der Waals surface area contributed by atoms with E-state index in [4.69, 9.17) is 23.2 Å². The molecule has 0 saturated carbocycles. The van der Waals surface area contributed by atoms with Crippen molar-refractivity contribution in [2.75, 3.05) is 0 Å². The number of hydrogen-bond donors (Lipinski definition) is 0. The van der Waals surface area contributed by atoms with Gasteiger partial charge in [-0.2, -0.15) is 0 Å². The van der Waals surface area contributed by atoms with Crippen LogP contribution < -0.4 is 0 Å². The number of rotatable bonds is 0. The van der Waals surface area contributed by atoms with Crippen LogP contribution in [0.1, 0.15) is 0 Å². The van der Waals surface area contributed by atoms with Crippen LogP contribution in [0.3, 0.4) is 0 Å². The molecule has 2 aliphatic carbocycles. The summed E-state index contributed by atoms with van der Waals surface area (Å²) < 4.78 is 0. The van der Waals surface area contributed by atoms with Gasteiger partial charge in [0.25, 0.3) is 0 Å². The Hall–Kier alpha value is -0.200. The zero-order chi connectivity index (χ0) is 8.55. The molecule has 0 fully saturated rings. The molecule has 0 aromatic heterocycles. The highest BCUT2D eigenvalue weighted by Crippen LogP contribution is 2.29. The van der Waals surface area contributed by atoms with Gasteiger partial charge in [0.2, 0.25) is 0 Å². The summed E-state index contributed by atoms with van der Waals surface area (Å²) in [6, 6.07) is 0. The fourth-order valence-electron chi connectivity index (χ4n) is 1.53. The maximum Gasteiger partial charge on any atom is 0.0613 e. The van der Waals surface area contributed by atoms with E-state index >= 15 is 0 Å². The second-order valence-electron chi connectivity index (χ2n) is 3.20. The Kier molecular flexibility index (Phi) is 2.29. The molecule has 2 heteroatoms. The molecule has 0 spiro atoms. The van der Waals surface area contributed by atoms with Crippen molar-refractivity contribution < 1.29 is 0 Å². The average molecular weight is 201 g/mol. The van der Waals surface area contributed by atoms with Gasteiger partial charge >= 0.3 is 0 Å². The lowest BCUT2D eigenvalue weighted by Gasteiger charge is -2.13. The minimum absolute atomic E-state index is 0.0895. The quantitative estimate of drug-likeness (QED) is 0.417. The Morgan fingerprint density at radius 1 is 0.583 bits per heavy atom. The third-order valence-electron chi connectivity index (χ3n) is 2.33. The van der Waals surface area contributed by atoms with Crippen molar-refractivity contribution in [1.29, 1.82) is 0 Å². The SMILES string of the molecule is Cl[C@H]1C=CC2C=CC1C=C[C@@H]2Cl. The second-order valence-corrected chi connectivity index (χ2v) is 4.21. The normalized spacial score (nSPS) is 44.5. The first-order valence-electron chi connectivity index (χ1n) is 4.10. The van der Waals surface area contributed by atoms with Crippen LogP contribution in [-0.2, 0) is 0 Å². The molecule has 4 atom stereocenters. The maximum atomic E-state index is 6.10.